The number of amides is 3. The molecule has 8 aromatic heterocycles. The molecule has 8 heterocycles. The van der Waals surface area contributed by atoms with Crippen molar-refractivity contribution >= 4 is 24.6 Å². The van der Waals surface area contributed by atoms with Crippen molar-refractivity contribution in [2.75, 3.05) is 52.4 Å². The average molecular weight is 1890 g/mol. The molecule has 4 aromatic carbocycles. The van der Waals surface area contributed by atoms with Gasteiger partial charge in [-0.15, -0.1) is 40.8 Å². The van der Waals surface area contributed by atoms with Crippen molar-refractivity contribution in [1.29, 1.82) is 0 Å². The fourth-order valence-corrected chi connectivity index (χ4v) is 17.9. The van der Waals surface area contributed by atoms with Gasteiger partial charge in [-0.25, -0.2) is 14.4 Å². The largest absolute Gasteiger partial charge is 0.444 e. The van der Waals surface area contributed by atoms with Crippen LogP contribution in [0.5, 0.6) is 0 Å². The fourth-order valence-electron chi connectivity index (χ4n) is 17.9. The summed E-state index contributed by atoms with van der Waals surface area (Å²) in [5.74, 6) is 6.54. The van der Waals surface area contributed by atoms with Gasteiger partial charge in [-0.05, 0) is 270 Å². The Morgan fingerprint density at radius 2 is 0.655 bits per heavy atom. The van der Waals surface area contributed by atoms with E-state index in [-0.39, 0.29) is 37.8 Å². The molecule has 16 rings (SSSR count). The van der Waals surface area contributed by atoms with Gasteiger partial charge < -0.3 is 59.5 Å². The van der Waals surface area contributed by atoms with Gasteiger partial charge in [0.25, 0.3) is 0 Å². The zero-order chi connectivity index (χ0) is 97.8. The number of unbranched alkanes of at least 4 members (excludes halogenated alkanes) is 4. The number of ether oxygens (including phenoxy) is 3. The summed E-state index contributed by atoms with van der Waals surface area (Å²) in [6, 6.07) is 58.3. The van der Waals surface area contributed by atoms with Crippen LogP contribution >= 0.6 is 0 Å². The Kier molecular flexibility index (Phi) is 41.1. The topological polar surface area (TPSA) is 354 Å². The highest BCUT2D eigenvalue weighted by molar-refractivity contribution is 5.71. The van der Waals surface area contributed by atoms with Crippen molar-refractivity contribution in [2.45, 2.75) is 259 Å². The molecule has 139 heavy (non-hydrogen) atoms. The summed E-state index contributed by atoms with van der Waals surface area (Å²) in [5.41, 5.74) is 18.8. The molecule has 0 radical (unpaired) electrons. The Morgan fingerprint density at radius 3 is 0.971 bits per heavy atom. The van der Waals surface area contributed by atoms with Gasteiger partial charge in [-0.3, -0.25) is 39.4 Å². The minimum Gasteiger partial charge on any atom is -0.444 e. The maximum atomic E-state index is 12.0. The van der Waals surface area contributed by atoms with Crippen LogP contribution in [0.3, 0.4) is 0 Å². The monoisotopic (exact) mass is 1890 g/mol. The number of carbonyl (C=O) groups excluding carboxylic acids is 4. The summed E-state index contributed by atoms with van der Waals surface area (Å²) in [5, 5.41) is 47.0. The highest BCUT2D eigenvalue weighted by atomic mass is 16.6. The predicted molar refractivity (Wildman–Crippen MR) is 545 cm³/mol. The van der Waals surface area contributed by atoms with Crippen LogP contribution in [0.1, 0.15) is 270 Å². The first-order valence-electron chi connectivity index (χ1n) is 49.2. The highest BCUT2D eigenvalue weighted by Crippen LogP contribution is 2.39. The first kappa shape index (κ1) is 107. The van der Waals surface area contributed by atoms with E-state index in [1.807, 2.05) is 204 Å². The normalized spacial score (nSPS) is 15.3. The van der Waals surface area contributed by atoms with Crippen molar-refractivity contribution in [3.8, 4) is 45.6 Å². The van der Waals surface area contributed by atoms with Crippen molar-refractivity contribution in [2.24, 2.45) is 33.9 Å². The number of benzene rings is 4. The lowest BCUT2D eigenvalue weighted by atomic mass is 9.90. The molecule has 31 nitrogen and oxygen atoms in total. The molecule has 12 aromatic rings. The fraction of sp³-hybridized carbons (Fsp3) is 0.481. The van der Waals surface area contributed by atoms with E-state index in [4.69, 9.17) is 34.9 Å². The highest BCUT2D eigenvalue weighted by Gasteiger charge is 2.34. The Bertz CT molecular complexity index is 5550. The lowest BCUT2D eigenvalue weighted by Gasteiger charge is -2.34. The number of fused-ring (bicyclic) bond motifs is 4. The summed E-state index contributed by atoms with van der Waals surface area (Å²) in [4.78, 5) is 72.4. The van der Waals surface area contributed by atoms with E-state index >= 15 is 0 Å². The minimum absolute atomic E-state index is 0. The minimum atomic E-state index is -0.489. The molecule has 31 heteroatoms. The summed E-state index contributed by atoms with van der Waals surface area (Å²) in [7, 11) is 7.90. The molecular weight excluding hydrogens is 1750 g/mol. The molecule has 0 saturated heterocycles. The SMILES string of the molecule is C.CC(C)(C)OC(=O)NCCCCNC1CCCc2cccnc21.Cn1c(C=O)nnc1-c1ccccc1.Cn1c(CN(CCCCN)C2CCCc3cccnc32)nnc1-c1ccccc1.Cn1c(CN(CCCCNC(=O)OC(C)(C)C)C2CCCc3cccnc32)nnc1-c1ccccc1.Cn1c(CN(CCCCNC(=O)OC(C)(C)C)C2CCCc3cccnc32)nnc1-c1ccccc1. The molecule has 0 fully saturated rings. The molecule has 4 atom stereocenters. The standard InChI is InChI=1S/2C28H38N6O2.C23H30N6.C18H29N3O2.C10H9N3O.CH4/c2*1-28(2,3)36-27(35)30-17-8-9-19-34(23-16-10-14-21-15-11-18-29-25(21)23)20-24-31-32-26(33(24)4)22-12-6-5-7-13-22;1-28-21(26-27-23(28)19-9-3-2-4-10-19)17-29(16-6-5-14-24)20-13-7-11-18-12-8-15-25-22(18)20;1-18(2,3)23-17(22)21-12-5-4-11-19-15-10-6-8-14-9-7-13-20-16(14)15;1-13-9(7-14)11-12-10(13)8-5-3-2-4-6-8;/h2*5-7,11-13,15,18,23H,8-10,14,16-17,19-20H2,1-4H3,(H,30,35);2-4,8-10,12,15,20H,5-7,11,13-14,16-17,24H2,1H3;7,9,13,15,19H,4-6,8,10-12H2,1-3H3,(H,21,22);2-7H,1H3;1H4. The van der Waals surface area contributed by atoms with Crippen molar-refractivity contribution in [3.05, 3.63) is 263 Å². The van der Waals surface area contributed by atoms with Gasteiger partial charge in [-0.2, -0.15) is 0 Å². The van der Waals surface area contributed by atoms with Crippen molar-refractivity contribution < 1.29 is 33.4 Å². The molecule has 4 aliphatic rings. The summed E-state index contributed by atoms with van der Waals surface area (Å²) in [6.45, 7) is 25.2. The van der Waals surface area contributed by atoms with Gasteiger partial charge in [0.15, 0.2) is 35.4 Å². The van der Waals surface area contributed by atoms with Gasteiger partial charge in [0, 0.05) is 101 Å². The van der Waals surface area contributed by atoms with Crippen LogP contribution < -0.4 is 27.0 Å². The second kappa shape index (κ2) is 53.5. The molecule has 0 aliphatic heterocycles. The number of aryl methyl sites for hydroxylation is 4. The van der Waals surface area contributed by atoms with E-state index < -0.39 is 16.8 Å². The van der Waals surface area contributed by atoms with Crippen LogP contribution in [0.2, 0.25) is 0 Å². The van der Waals surface area contributed by atoms with Gasteiger partial charge in [0.2, 0.25) is 0 Å². The van der Waals surface area contributed by atoms with E-state index in [0.717, 1.165) is 212 Å². The number of nitrogens with one attached hydrogen (secondary N) is 4. The van der Waals surface area contributed by atoms with Crippen LogP contribution in [0.25, 0.3) is 45.6 Å². The molecule has 6 N–H and O–H groups in total. The molecular formula is C108H148N24O7. The first-order chi connectivity index (χ1) is 66.7. The molecule has 0 saturated carbocycles. The average Bonchev–Trinajstić information content (AvgIpc) is 1.64. The van der Waals surface area contributed by atoms with Crippen LogP contribution in [0, 0.1) is 0 Å². The van der Waals surface area contributed by atoms with E-state index in [9.17, 15) is 19.2 Å². The number of hydrogen-bond donors (Lipinski definition) is 5. The molecule has 4 unspecified atom stereocenters. The number of pyridine rings is 4. The van der Waals surface area contributed by atoms with Gasteiger partial charge in [0.05, 0.1) is 60.5 Å². The molecule has 742 valence electrons. The van der Waals surface area contributed by atoms with Crippen LogP contribution in [0.4, 0.5) is 14.4 Å². The summed E-state index contributed by atoms with van der Waals surface area (Å²) < 4.78 is 23.9. The van der Waals surface area contributed by atoms with E-state index in [1.54, 1.807) is 11.6 Å². The number of hydrogen-bond acceptors (Lipinski definition) is 24. The Labute approximate surface area is 821 Å². The molecule has 0 spiro atoms. The van der Waals surface area contributed by atoms with Crippen LogP contribution in [0.15, 0.2) is 195 Å². The Morgan fingerprint density at radius 1 is 0.367 bits per heavy atom. The summed E-state index contributed by atoms with van der Waals surface area (Å²) >= 11 is 0. The van der Waals surface area contributed by atoms with Crippen LogP contribution in [-0.4, -0.2) is 187 Å². The summed E-state index contributed by atoms with van der Waals surface area (Å²) in [6.07, 6.45) is 28.5. The van der Waals surface area contributed by atoms with Crippen LogP contribution in [-0.2, 0) is 87.7 Å². The zero-order valence-electron chi connectivity index (χ0n) is 83.2. The molecule has 4 aliphatic carbocycles. The number of alkyl carbamates (subject to hydrolysis) is 3. The second-order valence-corrected chi connectivity index (χ2v) is 38.6. The van der Waals surface area contributed by atoms with Gasteiger partial charge in [0.1, 0.15) is 34.3 Å². The second-order valence-electron chi connectivity index (χ2n) is 38.6. The smallest absolute Gasteiger partial charge is 0.407 e. The number of rotatable bonds is 34. The van der Waals surface area contributed by atoms with Gasteiger partial charge >= 0.3 is 18.3 Å². The van der Waals surface area contributed by atoms with E-state index in [0.29, 0.717) is 62.7 Å². The van der Waals surface area contributed by atoms with Crippen molar-refractivity contribution in [1.82, 2.24) is 115 Å². The third kappa shape index (κ3) is 32.5. The lowest BCUT2D eigenvalue weighted by Crippen LogP contribution is -2.35. The molecule has 3 amide bonds. The number of nitrogens with zero attached hydrogens (tertiary/aromatic N) is 19. The zero-order valence-corrected chi connectivity index (χ0v) is 83.2. The third-order valence-corrected chi connectivity index (χ3v) is 24.7. The van der Waals surface area contributed by atoms with Crippen molar-refractivity contribution in [3.63, 3.8) is 0 Å². The molecule has 0 bridgehead atoms. The van der Waals surface area contributed by atoms with Gasteiger partial charge in [-0.1, -0.05) is 153 Å². The number of nitrogens with two attached hydrogens (primary N) is 1. The Hall–Kier alpha value is -12.7. The third-order valence-electron chi connectivity index (χ3n) is 24.7. The number of aldehydes is 1. The van der Waals surface area contributed by atoms with E-state index in [2.05, 4.69) is 169 Å². The Balaban J connectivity index is 0.000000171. The predicted octanol–water partition coefficient (Wildman–Crippen LogP) is 18.9. The quantitative estimate of drug-likeness (QED) is 0.0142. The number of carbonyl (C=O) groups is 4. The number of aromatic nitrogens is 16. The first-order valence-corrected chi connectivity index (χ1v) is 49.2. The maximum Gasteiger partial charge on any atom is 0.407 e. The lowest BCUT2D eigenvalue weighted by molar-refractivity contribution is 0.0514. The maximum absolute atomic E-state index is 12.0. The van der Waals surface area contributed by atoms with E-state index in [1.165, 1.54) is 57.9 Å².